The van der Waals surface area contributed by atoms with Crippen LogP contribution in [0.15, 0.2) is 18.2 Å². The molecular formula is C15H20ClNO. The van der Waals surface area contributed by atoms with Crippen molar-refractivity contribution in [3.8, 4) is 0 Å². The monoisotopic (exact) mass is 265 g/mol. The van der Waals surface area contributed by atoms with Crippen molar-refractivity contribution in [1.82, 2.24) is 4.90 Å². The first-order valence-corrected chi connectivity index (χ1v) is 6.98. The van der Waals surface area contributed by atoms with Crippen molar-refractivity contribution in [2.45, 2.75) is 38.5 Å². The van der Waals surface area contributed by atoms with Crippen LogP contribution in [0.1, 0.15) is 29.5 Å². The van der Waals surface area contributed by atoms with Gasteiger partial charge in [-0.05, 0) is 43.4 Å². The number of likely N-dealkylation sites (tertiary alicyclic amines) is 1. The lowest BCUT2D eigenvalue weighted by Crippen LogP contribution is -2.41. The van der Waals surface area contributed by atoms with Crippen LogP contribution in [0.2, 0.25) is 0 Å². The van der Waals surface area contributed by atoms with E-state index in [1.54, 1.807) is 0 Å². The molecule has 2 nitrogen and oxygen atoms in total. The molecule has 1 aromatic rings. The van der Waals surface area contributed by atoms with Gasteiger partial charge in [0.15, 0.2) is 0 Å². The van der Waals surface area contributed by atoms with Gasteiger partial charge in [0.05, 0.1) is 11.8 Å². The quantitative estimate of drug-likeness (QED) is 0.753. The summed E-state index contributed by atoms with van der Waals surface area (Å²) in [7, 11) is 0. The van der Waals surface area contributed by atoms with Crippen LogP contribution in [0.5, 0.6) is 0 Å². The molecule has 0 saturated carbocycles. The summed E-state index contributed by atoms with van der Waals surface area (Å²) in [5.41, 5.74) is 3.61. The number of piperidine rings is 1. The average Bonchev–Trinajstić information content (AvgIpc) is 2.34. The number of carbonyl (C=O) groups is 1. The number of alkyl halides is 1. The Morgan fingerprint density at radius 3 is 2.83 bits per heavy atom. The van der Waals surface area contributed by atoms with E-state index in [4.69, 9.17) is 11.6 Å². The number of aryl methyl sites for hydroxylation is 2. The lowest BCUT2D eigenvalue weighted by atomic mass is 10.0. The van der Waals surface area contributed by atoms with E-state index < -0.39 is 0 Å². The Kier molecular flexibility index (Phi) is 4.28. The number of benzene rings is 1. The number of rotatable bonds is 2. The summed E-state index contributed by atoms with van der Waals surface area (Å²) in [5.74, 6) is 0.198. The van der Waals surface area contributed by atoms with E-state index in [0.717, 1.165) is 24.9 Å². The molecule has 1 heterocycles. The summed E-state index contributed by atoms with van der Waals surface area (Å²) in [6.45, 7) is 5.72. The zero-order valence-electron chi connectivity index (χ0n) is 11.1. The average molecular weight is 266 g/mol. The van der Waals surface area contributed by atoms with Crippen molar-refractivity contribution in [2.24, 2.45) is 0 Å². The molecular weight excluding hydrogens is 246 g/mol. The van der Waals surface area contributed by atoms with E-state index in [1.165, 1.54) is 11.1 Å². The van der Waals surface area contributed by atoms with E-state index in [9.17, 15) is 4.79 Å². The van der Waals surface area contributed by atoms with Gasteiger partial charge in [-0.1, -0.05) is 18.2 Å². The first kappa shape index (κ1) is 13.4. The summed E-state index contributed by atoms with van der Waals surface area (Å²) >= 11 is 6.11. The Hall–Kier alpha value is -1.02. The first-order valence-electron chi connectivity index (χ1n) is 6.54. The smallest absolute Gasteiger partial charge is 0.227 e. The van der Waals surface area contributed by atoms with Crippen LogP contribution in [-0.2, 0) is 11.2 Å². The highest BCUT2D eigenvalue weighted by Gasteiger charge is 2.22. The Morgan fingerprint density at radius 1 is 1.39 bits per heavy atom. The molecule has 18 heavy (non-hydrogen) atoms. The van der Waals surface area contributed by atoms with Gasteiger partial charge in [0.2, 0.25) is 5.91 Å². The van der Waals surface area contributed by atoms with Gasteiger partial charge in [-0.15, -0.1) is 11.6 Å². The minimum absolute atomic E-state index is 0.127. The van der Waals surface area contributed by atoms with Gasteiger partial charge in [-0.2, -0.15) is 0 Å². The predicted octanol–water partition coefficient (Wildman–Crippen LogP) is 3.08. The van der Waals surface area contributed by atoms with E-state index in [-0.39, 0.29) is 11.3 Å². The molecule has 2 rings (SSSR count). The summed E-state index contributed by atoms with van der Waals surface area (Å²) in [4.78, 5) is 14.1. The summed E-state index contributed by atoms with van der Waals surface area (Å²) in [5, 5.41) is 0.127. The number of amides is 1. The molecule has 3 heteroatoms. The highest BCUT2D eigenvalue weighted by molar-refractivity contribution is 6.20. The molecule has 0 N–H and O–H groups in total. The van der Waals surface area contributed by atoms with Crippen molar-refractivity contribution in [2.75, 3.05) is 13.1 Å². The molecule has 1 fully saturated rings. The van der Waals surface area contributed by atoms with Crippen molar-refractivity contribution in [3.63, 3.8) is 0 Å². The zero-order valence-corrected chi connectivity index (χ0v) is 11.8. The highest BCUT2D eigenvalue weighted by atomic mass is 35.5. The molecule has 98 valence electrons. The van der Waals surface area contributed by atoms with Crippen molar-refractivity contribution < 1.29 is 4.79 Å². The minimum Gasteiger partial charge on any atom is -0.341 e. The molecule has 1 saturated heterocycles. The van der Waals surface area contributed by atoms with Gasteiger partial charge >= 0.3 is 0 Å². The van der Waals surface area contributed by atoms with Crippen LogP contribution in [0, 0.1) is 13.8 Å². The van der Waals surface area contributed by atoms with Crippen LogP contribution >= 0.6 is 11.6 Å². The third-order valence-electron chi connectivity index (χ3n) is 3.64. The fraction of sp³-hybridized carbons (Fsp3) is 0.533. The fourth-order valence-electron chi connectivity index (χ4n) is 2.35. The summed E-state index contributed by atoms with van der Waals surface area (Å²) in [6, 6.07) is 6.23. The van der Waals surface area contributed by atoms with Crippen molar-refractivity contribution in [1.29, 1.82) is 0 Å². The molecule has 0 aromatic heterocycles. The SMILES string of the molecule is Cc1ccc(CC(=O)N2CCCC(Cl)C2)cc1C. The van der Waals surface area contributed by atoms with Crippen LogP contribution in [0.4, 0.5) is 0 Å². The van der Waals surface area contributed by atoms with Gasteiger partial charge in [-0.3, -0.25) is 4.79 Å². The molecule has 0 bridgehead atoms. The zero-order chi connectivity index (χ0) is 13.1. The maximum absolute atomic E-state index is 12.2. The van der Waals surface area contributed by atoms with Crippen molar-refractivity contribution >= 4 is 17.5 Å². The van der Waals surface area contributed by atoms with Crippen LogP contribution in [-0.4, -0.2) is 29.3 Å². The van der Waals surface area contributed by atoms with Crippen LogP contribution in [0.25, 0.3) is 0 Å². The lowest BCUT2D eigenvalue weighted by molar-refractivity contribution is -0.131. The molecule has 1 aromatic carbocycles. The van der Waals surface area contributed by atoms with Crippen molar-refractivity contribution in [3.05, 3.63) is 34.9 Å². The van der Waals surface area contributed by atoms with Gasteiger partial charge in [0.25, 0.3) is 0 Å². The van der Waals surface area contributed by atoms with E-state index in [0.29, 0.717) is 13.0 Å². The lowest BCUT2D eigenvalue weighted by Gasteiger charge is -2.30. The number of nitrogens with zero attached hydrogens (tertiary/aromatic N) is 1. The topological polar surface area (TPSA) is 20.3 Å². The predicted molar refractivity (Wildman–Crippen MR) is 75.1 cm³/mol. The van der Waals surface area contributed by atoms with E-state index >= 15 is 0 Å². The number of hydrogen-bond donors (Lipinski definition) is 0. The molecule has 1 unspecified atom stereocenters. The van der Waals surface area contributed by atoms with Gasteiger partial charge in [0.1, 0.15) is 0 Å². The Balaban J connectivity index is 2.00. The number of carbonyl (C=O) groups excluding carboxylic acids is 1. The van der Waals surface area contributed by atoms with Crippen LogP contribution < -0.4 is 0 Å². The molecule has 1 atom stereocenters. The second-order valence-corrected chi connectivity index (χ2v) is 5.79. The third-order valence-corrected chi connectivity index (χ3v) is 4.00. The molecule has 1 amide bonds. The highest BCUT2D eigenvalue weighted by Crippen LogP contribution is 2.17. The van der Waals surface area contributed by atoms with E-state index in [2.05, 4.69) is 26.0 Å². The number of halogens is 1. The molecule has 1 aliphatic rings. The maximum atomic E-state index is 12.2. The second-order valence-electron chi connectivity index (χ2n) is 5.17. The maximum Gasteiger partial charge on any atom is 0.227 e. The Morgan fingerprint density at radius 2 is 2.17 bits per heavy atom. The van der Waals surface area contributed by atoms with Gasteiger partial charge < -0.3 is 4.90 Å². The largest absolute Gasteiger partial charge is 0.341 e. The molecule has 1 aliphatic heterocycles. The first-order chi connectivity index (χ1) is 8.56. The van der Waals surface area contributed by atoms with Gasteiger partial charge in [0, 0.05) is 13.1 Å². The molecule has 0 radical (unpaired) electrons. The fourth-order valence-corrected chi connectivity index (χ4v) is 2.67. The van der Waals surface area contributed by atoms with Crippen LogP contribution in [0.3, 0.4) is 0 Å². The summed E-state index contributed by atoms with van der Waals surface area (Å²) in [6.07, 6.45) is 2.53. The normalized spacial score (nSPS) is 19.9. The minimum atomic E-state index is 0.127. The molecule has 0 spiro atoms. The number of hydrogen-bond acceptors (Lipinski definition) is 1. The van der Waals surface area contributed by atoms with Gasteiger partial charge in [-0.25, -0.2) is 0 Å². The Labute approximate surface area is 114 Å². The third kappa shape index (κ3) is 3.26. The molecule has 0 aliphatic carbocycles. The summed E-state index contributed by atoms with van der Waals surface area (Å²) < 4.78 is 0. The second kappa shape index (κ2) is 5.75. The standard InChI is InChI=1S/C15H20ClNO/c1-11-5-6-13(8-12(11)2)9-15(18)17-7-3-4-14(16)10-17/h5-6,8,14H,3-4,7,9-10H2,1-2H3. The Bertz CT molecular complexity index is 444. The van der Waals surface area contributed by atoms with E-state index in [1.807, 2.05) is 11.0 Å².